The normalized spacial score (nSPS) is 11.7. The van der Waals surface area contributed by atoms with Gasteiger partial charge in [-0.05, 0) is 58.0 Å². The lowest BCUT2D eigenvalue weighted by Crippen LogP contribution is -2.01. The van der Waals surface area contributed by atoms with E-state index in [1.54, 1.807) is 11.3 Å². The fourth-order valence-corrected chi connectivity index (χ4v) is 8.92. The van der Waals surface area contributed by atoms with Gasteiger partial charge in [0.1, 0.15) is 11.2 Å². The topological polar surface area (TPSA) is 51.8 Å². The summed E-state index contributed by atoms with van der Waals surface area (Å²) in [6.45, 7) is 0. The zero-order valence-corrected chi connectivity index (χ0v) is 29.7. The highest BCUT2D eigenvalue weighted by atomic mass is 32.1. The molecule has 0 aliphatic heterocycles. The predicted octanol–water partition coefficient (Wildman–Crippen LogP) is 13.6. The SMILES string of the molecule is c1ccc(-c2ccc(-c3nc(-c4cc5c6cc(-c7ccccc7)ccc6oc5c5ccccc45)nc(-c4cccc5c4sc4ccccc45)n3)cc2)cc1. The first-order chi connectivity index (χ1) is 26.7. The number of benzene rings is 8. The highest BCUT2D eigenvalue weighted by Gasteiger charge is 2.21. The average molecular weight is 708 g/mol. The number of hydrogen-bond acceptors (Lipinski definition) is 5. The molecule has 0 bridgehead atoms. The first-order valence-electron chi connectivity index (χ1n) is 18.0. The van der Waals surface area contributed by atoms with Gasteiger partial charge < -0.3 is 4.42 Å². The summed E-state index contributed by atoms with van der Waals surface area (Å²) in [5.41, 5.74) is 9.16. The molecule has 0 radical (unpaired) electrons. The van der Waals surface area contributed by atoms with E-state index in [0.717, 1.165) is 70.8 Å². The molecule has 0 fully saturated rings. The number of fused-ring (bicyclic) bond motifs is 8. The molecule has 54 heavy (non-hydrogen) atoms. The molecule has 0 saturated carbocycles. The van der Waals surface area contributed by atoms with Crippen molar-refractivity contribution in [1.82, 2.24) is 15.0 Å². The third kappa shape index (κ3) is 5.01. The van der Waals surface area contributed by atoms with Crippen LogP contribution in [0.15, 0.2) is 180 Å². The van der Waals surface area contributed by atoms with Crippen molar-refractivity contribution in [2.45, 2.75) is 0 Å². The van der Waals surface area contributed by atoms with Gasteiger partial charge in [0.05, 0.1) is 0 Å². The van der Waals surface area contributed by atoms with Gasteiger partial charge in [-0.2, -0.15) is 0 Å². The second-order valence-electron chi connectivity index (χ2n) is 13.6. The molecule has 0 spiro atoms. The summed E-state index contributed by atoms with van der Waals surface area (Å²) in [6.07, 6.45) is 0. The maximum Gasteiger partial charge on any atom is 0.165 e. The first kappa shape index (κ1) is 30.7. The third-order valence-electron chi connectivity index (χ3n) is 10.4. The van der Waals surface area contributed by atoms with Gasteiger partial charge in [-0.3, -0.25) is 0 Å². The standard InChI is InChI=1S/C49H29N3OS/c1-3-12-30(13-4-1)32-22-24-33(25-23-32)47-50-48(39-20-11-19-38-36-17-9-10-21-44(36)54-46(38)39)52-49(51-47)42-29-41-40-28-34(31-14-5-2-6-15-31)26-27-43(40)53-45(41)37-18-8-7-16-35(37)42/h1-29H. The zero-order valence-electron chi connectivity index (χ0n) is 28.9. The van der Waals surface area contributed by atoms with E-state index in [2.05, 4.69) is 164 Å². The molecule has 5 heteroatoms. The number of nitrogens with zero attached hydrogens (tertiary/aromatic N) is 3. The summed E-state index contributed by atoms with van der Waals surface area (Å²) in [5.74, 6) is 1.89. The Hall–Kier alpha value is -6.95. The van der Waals surface area contributed by atoms with Crippen molar-refractivity contribution >= 4 is 64.2 Å². The zero-order chi connectivity index (χ0) is 35.6. The molecular weight excluding hydrogens is 679 g/mol. The lowest BCUT2D eigenvalue weighted by Gasteiger charge is -2.12. The van der Waals surface area contributed by atoms with Crippen LogP contribution in [0.2, 0.25) is 0 Å². The summed E-state index contributed by atoms with van der Waals surface area (Å²) in [4.78, 5) is 15.8. The fraction of sp³-hybridized carbons (Fsp3) is 0. The smallest absolute Gasteiger partial charge is 0.165 e. The number of furan rings is 1. The number of aromatic nitrogens is 3. The Morgan fingerprint density at radius 3 is 1.70 bits per heavy atom. The van der Waals surface area contributed by atoms with Crippen LogP contribution in [0.4, 0.5) is 0 Å². The molecule has 0 aliphatic carbocycles. The van der Waals surface area contributed by atoms with Crippen LogP contribution in [0.25, 0.3) is 109 Å². The van der Waals surface area contributed by atoms with Gasteiger partial charge in [-0.25, -0.2) is 15.0 Å². The monoisotopic (exact) mass is 707 g/mol. The Bertz CT molecular complexity index is 3200. The van der Waals surface area contributed by atoms with Crippen molar-refractivity contribution in [3.05, 3.63) is 176 Å². The van der Waals surface area contributed by atoms with Crippen molar-refractivity contribution in [3.63, 3.8) is 0 Å². The largest absolute Gasteiger partial charge is 0.455 e. The van der Waals surface area contributed by atoms with E-state index < -0.39 is 0 Å². The maximum atomic E-state index is 6.61. The van der Waals surface area contributed by atoms with Gasteiger partial charge >= 0.3 is 0 Å². The van der Waals surface area contributed by atoms with Crippen molar-refractivity contribution in [1.29, 1.82) is 0 Å². The lowest BCUT2D eigenvalue weighted by molar-refractivity contribution is 0.673. The van der Waals surface area contributed by atoms with E-state index in [-0.39, 0.29) is 0 Å². The molecule has 11 rings (SSSR count). The van der Waals surface area contributed by atoms with Gasteiger partial charge in [0.15, 0.2) is 17.5 Å². The van der Waals surface area contributed by atoms with Gasteiger partial charge in [0.25, 0.3) is 0 Å². The number of hydrogen-bond donors (Lipinski definition) is 0. The molecule has 0 saturated heterocycles. The second-order valence-corrected chi connectivity index (χ2v) is 14.6. The molecular formula is C49H29N3OS. The summed E-state index contributed by atoms with van der Waals surface area (Å²) in [7, 11) is 0. The molecule has 0 amide bonds. The molecule has 3 heterocycles. The van der Waals surface area contributed by atoms with Gasteiger partial charge in [0, 0.05) is 53.0 Å². The van der Waals surface area contributed by atoms with Crippen molar-refractivity contribution < 1.29 is 4.42 Å². The van der Waals surface area contributed by atoms with Crippen LogP contribution >= 0.6 is 11.3 Å². The minimum Gasteiger partial charge on any atom is -0.455 e. The Kier molecular flexibility index (Phi) is 7.00. The summed E-state index contributed by atoms with van der Waals surface area (Å²) in [5, 5.41) is 6.57. The third-order valence-corrected chi connectivity index (χ3v) is 11.6. The van der Waals surface area contributed by atoms with Crippen molar-refractivity contribution in [3.8, 4) is 56.4 Å². The van der Waals surface area contributed by atoms with Crippen LogP contribution in [0.5, 0.6) is 0 Å². The van der Waals surface area contributed by atoms with Crippen molar-refractivity contribution in [2.24, 2.45) is 0 Å². The van der Waals surface area contributed by atoms with E-state index in [1.165, 1.54) is 21.0 Å². The van der Waals surface area contributed by atoms with Gasteiger partial charge in [-0.15, -0.1) is 11.3 Å². The summed E-state index contributed by atoms with van der Waals surface area (Å²) >= 11 is 1.78. The Morgan fingerprint density at radius 2 is 0.926 bits per heavy atom. The number of rotatable bonds is 5. The van der Waals surface area contributed by atoms with Crippen LogP contribution in [0, 0.1) is 0 Å². The molecule has 0 unspecified atom stereocenters. The quantitative estimate of drug-likeness (QED) is 0.179. The van der Waals surface area contributed by atoms with E-state index in [0.29, 0.717) is 17.5 Å². The van der Waals surface area contributed by atoms with Crippen LogP contribution in [0.3, 0.4) is 0 Å². The second kappa shape index (κ2) is 12.3. The minimum absolute atomic E-state index is 0.618. The van der Waals surface area contributed by atoms with Crippen LogP contribution < -0.4 is 0 Å². The van der Waals surface area contributed by atoms with E-state index in [4.69, 9.17) is 19.4 Å². The molecule has 0 N–H and O–H groups in total. The maximum absolute atomic E-state index is 6.61. The molecule has 8 aromatic carbocycles. The Morgan fingerprint density at radius 1 is 0.352 bits per heavy atom. The summed E-state index contributed by atoms with van der Waals surface area (Å²) < 4.78 is 9.01. The molecule has 252 valence electrons. The van der Waals surface area contributed by atoms with Crippen molar-refractivity contribution in [2.75, 3.05) is 0 Å². The van der Waals surface area contributed by atoms with E-state index in [9.17, 15) is 0 Å². The molecule has 11 aromatic rings. The van der Waals surface area contributed by atoms with Crippen LogP contribution in [-0.2, 0) is 0 Å². The minimum atomic E-state index is 0.618. The van der Waals surface area contributed by atoms with Crippen LogP contribution in [-0.4, -0.2) is 15.0 Å². The lowest BCUT2D eigenvalue weighted by atomic mass is 9.98. The summed E-state index contributed by atoms with van der Waals surface area (Å²) in [6, 6.07) is 61.5. The van der Waals surface area contributed by atoms with Gasteiger partial charge in [-0.1, -0.05) is 146 Å². The fourth-order valence-electron chi connectivity index (χ4n) is 7.70. The Labute approximate surface area is 314 Å². The van der Waals surface area contributed by atoms with E-state index >= 15 is 0 Å². The van der Waals surface area contributed by atoms with Gasteiger partial charge in [0.2, 0.25) is 0 Å². The first-order valence-corrected chi connectivity index (χ1v) is 18.8. The molecule has 4 nitrogen and oxygen atoms in total. The Balaban J connectivity index is 1.17. The highest BCUT2D eigenvalue weighted by Crippen LogP contribution is 2.42. The highest BCUT2D eigenvalue weighted by molar-refractivity contribution is 7.26. The van der Waals surface area contributed by atoms with Crippen LogP contribution in [0.1, 0.15) is 0 Å². The average Bonchev–Trinajstić information content (AvgIpc) is 3.82. The molecule has 0 atom stereocenters. The molecule has 0 aliphatic rings. The number of thiophene rings is 1. The molecule has 3 aromatic heterocycles. The predicted molar refractivity (Wildman–Crippen MR) is 225 cm³/mol. The van der Waals surface area contributed by atoms with E-state index in [1.807, 2.05) is 12.1 Å².